The molecule has 0 radical (unpaired) electrons. The van der Waals surface area contributed by atoms with Crippen molar-refractivity contribution in [2.45, 2.75) is 39.7 Å². The number of benzene rings is 2. The molecule has 1 atom stereocenters. The summed E-state index contributed by atoms with van der Waals surface area (Å²) in [6.07, 6.45) is 2.16. The Hall–Kier alpha value is -2.34. The van der Waals surface area contributed by atoms with E-state index in [0.29, 0.717) is 5.69 Å². The van der Waals surface area contributed by atoms with Crippen LogP contribution in [0.3, 0.4) is 0 Å². The number of fused-ring (bicyclic) bond motifs is 1. The van der Waals surface area contributed by atoms with E-state index in [2.05, 4.69) is 0 Å². The normalized spacial score (nSPS) is 16.3. The molecule has 1 amide bonds. The maximum atomic E-state index is 13.0. The number of amides is 1. The van der Waals surface area contributed by atoms with Crippen molar-refractivity contribution in [2.75, 3.05) is 22.0 Å². The monoisotopic (exact) mass is 386 g/mol. The second kappa shape index (κ2) is 7.35. The first-order valence-corrected chi connectivity index (χ1v) is 11.0. The van der Waals surface area contributed by atoms with E-state index >= 15 is 0 Å². The summed E-state index contributed by atoms with van der Waals surface area (Å²) in [7, 11) is -3.49. The van der Waals surface area contributed by atoms with Crippen LogP contribution in [0.2, 0.25) is 0 Å². The summed E-state index contributed by atoms with van der Waals surface area (Å²) in [4.78, 5) is 14.8. The zero-order chi connectivity index (χ0) is 19.8. The van der Waals surface area contributed by atoms with Gasteiger partial charge in [0.15, 0.2) is 0 Å². The van der Waals surface area contributed by atoms with Crippen LogP contribution in [0.15, 0.2) is 42.5 Å². The van der Waals surface area contributed by atoms with Crippen LogP contribution in [0.5, 0.6) is 0 Å². The summed E-state index contributed by atoms with van der Waals surface area (Å²) in [5.74, 6) is -0.0488. The van der Waals surface area contributed by atoms with E-state index in [-0.39, 0.29) is 24.9 Å². The molecule has 144 valence electrons. The van der Waals surface area contributed by atoms with Crippen molar-refractivity contribution in [1.82, 2.24) is 0 Å². The van der Waals surface area contributed by atoms with Crippen LogP contribution in [0.1, 0.15) is 30.0 Å². The van der Waals surface area contributed by atoms with Crippen LogP contribution < -0.4 is 9.21 Å². The zero-order valence-corrected chi connectivity index (χ0v) is 17.1. The van der Waals surface area contributed by atoms with Crippen molar-refractivity contribution >= 4 is 27.3 Å². The number of para-hydroxylation sites is 2. The molecular formula is C21H26N2O3S. The van der Waals surface area contributed by atoms with E-state index in [9.17, 15) is 13.2 Å². The molecule has 1 heterocycles. The van der Waals surface area contributed by atoms with Crippen molar-refractivity contribution in [3.05, 3.63) is 59.2 Å². The first-order valence-electron chi connectivity index (χ1n) is 9.14. The number of carbonyl (C=O) groups is 1. The molecule has 3 rings (SSSR count). The highest BCUT2D eigenvalue weighted by Gasteiger charge is 2.31. The third-order valence-electron chi connectivity index (χ3n) is 5.09. The van der Waals surface area contributed by atoms with Gasteiger partial charge in [0.1, 0.15) is 0 Å². The molecule has 6 heteroatoms. The molecule has 0 N–H and O–H groups in total. The summed E-state index contributed by atoms with van der Waals surface area (Å²) in [5.41, 5.74) is 4.53. The summed E-state index contributed by atoms with van der Waals surface area (Å²) in [6.45, 7) is 5.94. The van der Waals surface area contributed by atoms with E-state index in [1.165, 1.54) is 10.6 Å². The number of rotatable bonds is 5. The Labute approximate surface area is 161 Å². The highest BCUT2D eigenvalue weighted by atomic mass is 32.2. The second-order valence-electron chi connectivity index (χ2n) is 7.27. The van der Waals surface area contributed by atoms with Gasteiger partial charge in [-0.25, -0.2) is 8.42 Å². The molecule has 0 spiro atoms. The molecule has 1 aliphatic heterocycles. The number of nitrogens with zero attached hydrogens (tertiary/aromatic N) is 2. The highest BCUT2D eigenvalue weighted by Crippen LogP contribution is 2.33. The largest absolute Gasteiger partial charge is 0.309 e. The Balaban J connectivity index is 1.84. The molecule has 1 aliphatic rings. The first kappa shape index (κ1) is 19.4. The SMILES string of the molecule is Cc1cccc(C)c1N(CCC(=O)N1c2ccccc2CC1C)S(C)(=O)=O. The fraction of sp³-hybridized carbons (Fsp3) is 0.381. The van der Waals surface area contributed by atoms with Crippen LogP contribution in [0.25, 0.3) is 0 Å². The van der Waals surface area contributed by atoms with Crippen molar-refractivity contribution in [2.24, 2.45) is 0 Å². The van der Waals surface area contributed by atoms with E-state index < -0.39 is 10.0 Å². The Morgan fingerprint density at radius 3 is 2.37 bits per heavy atom. The van der Waals surface area contributed by atoms with Gasteiger partial charge in [0.25, 0.3) is 0 Å². The molecule has 0 aliphatic carbocycles. The smallest absolute Gasteiger partial charge is 0.232 e. The fourth-order valence-electron chi connectivity index (χ4n) is 3.91. The summed E-state index contributed by atoms with van der Waals surface area (Å²) < 4.78 is 26.2. The van der Waals surface area contributed by atoms with Crippen LogP contribution in [0.4, 0.5) is 11.4 Å². The van der Waals surface area contributed by atoms with Crippen LogP contribution in [-0.4, -0.2) is 33.2 Å². The average Bonchev–Trinajstić information content (AvgIpc) is 2.91. The summed E-state index contributed by atoms with van der Waals surface area (Å²) in [6, 6.07) is 13.7. The van der Waals surface area contributed by atoms with Crippen LogP contribution in [0, 0.1) is 13.8 Å². The van der Waals surface area contributed by atoms with Crippen molar-refractivity contribution in [3.8, 4) is 0 Å². The van der Waals surface area contributed by atoms with E-state index in [4.69, 9.17) is 0 Å². The van der Waals surface area contributed by atoms with Gasteiger partial charge in [0.05, 0.1) is 11.9 Å². The predicted octanol–water partition coefficient (Wildman–Crippen LogP) is 3.44. The molecule has 2 aromatic carbocycles. The summed E-state index contributed by atoms with van der Waals surface area (Å²) >= 11 is 0. The maximum Gasteiger partial charge on any atom is 0.232 e. The van der Waals surface area contributed by atoms with Crippen molar-refractivity contribution < 1.29 is 13.2 Å². The minimum atomic E-state index is -3.49. The fourth-order valence-corrected chi connectivity index (χ4v) is 4.95. The quantitative estimate of drug-likeness (QED) is 0.791. The zero-order valence-electron chi connectivity index (χ0n) is 16.3. The standard InChI is InChI=1S/C21H26N2O3S/c1-15-8-7-9-16(2)21(15)22(27(4,25)26)13-12-20(24)23-17(3)14-18-10-5-6-11-19(18)23/h5-11,17H,12-14H2,1-4H3. The van der Waals surface area contributed by atoms with E-state index in [1.807, 2.05) is 63.2 Å². The summed E-state index contributed by atoms with van der Waals surface area (Å²) in [5, 5.41) is 0. The average molecular weight is 387 g/mol. The van der Waals surface area contributed by atoms with Crippen LogP contribution in [-0.2, 0) is 21.2 Å². The minimum Gasteiger partial charge on any atom is -0.309 e. The number of anilines is 2. The second-order valence-corrected chi connectivity index (χ2v) is 9.18. The molecule has 5 nitrogen and oxygen atoms in total. The molecule has 0 saturated carbocycles. The van der Waals surface area contributed by atoms with Gasteiger partial charge in [-0.15, -0.1) is 0 Å². The van der Waals surface area contributed by atoms with Gasteiger partial charge in [0.2, 0.25) is 15.9 Å². The molecule has 0 saturated heterocycles. The lowest BCUT2D eigenvalue weighted by Crippen LogP contribution is -2.39. The van der Waals surface area contributed by atoms with Gasteiger partial charge in [-0.2, -0.15) is 0 Å². The Bertz CT molecular complexity index is 949. The van der Waals surface area contributed by atoms with Gasteiger partial charge in [-0.3, -0.25) is 9.10 Å². The Morgan fingerprint density at radius 2 is 1.74 bits per heavy atom. The van der Waals surface area contributed by atoms with Crippen molar-refractivity contribution in [3.63, 3.8) is 0 Å². The Morgan fingerprint density at radius 1 is 1.11 bits per heavy atom. The molecule has 0 bridgehead atoms. The molecule has 27 heavy (non-hydrogen) atoms. The molecule has 0 fully saturated rings. The highest BCUT2D eigenvalue weighted by molar-refractivity contribution is 7.92. The predicted molar refractivity (Wildman–Crippen MR) is 110 cm³/mol. The minimum absolute atomic E-state index is 0.0488. The third-order valence-corrected chi connectivity index (χ3v) is 6.26. The van der Waals surface area contributed by atoms with E-state index in [1.54, 1.807) is 4.90 Å². The third kappa shape index (κ3) is 3.86. The molecule has 0 aromatic heterocycles. The first-order chi connectivity index (χ1) is 12.7. The molecular weight excluding hydrogens is 360 g/mol. The molecule has 1 unspecified atom stereocenters. The lowest BCUT2D eigenvalue weighted by Gasteiger charge is -2.28. The lowest BCUT2D eigenvalue weighted by molar-refractivity contribution is -0.118. The van der Waals surface area contributed by atoms with Gasteiger partial charge < -0.3 is 4.90 Å². The Kier molecular flexibility index (Phi) is 5.29. The number of aryl methyl sites for hydroxylation is 2. The van der Waals surface area contributed by atoms with Gasteiger partial charge in [-0.1, -0.05) is 36.4 Å². The maximum absolute atomic E-state index is 13.0. The number of sulfonamides is 1. The van der Waals surface area contributed by atoms with Gasteiger partial charge in [-0.05, 0) is 49.9 Å². The van der Waals surface area contributed by atoms with E-state index in [0.717, 1.165) is 28.8 Å². The number of hydrogen-bond donors (Lipinski definition) is 0. The van der Waals surface area contributed by atoms with Crippen molar-refractivity contribution in [1.29, 1.82) is 0 Å². The van der Waals surface area contributed by atoms with Crippen LogP contribution >= 0.6 is 0 Å². The van der Waals surface area contributed by atoms with Gasteiger partial charge >= 0.3 is 0 Å². The van der Waals surface area contributed by atoms with Gasteiger partial charge in [0, 0.05) is 24.7 Å². The lowest BCUT2D eigenvalue weighted by atomic mass is 10.1. The number of carbonyl (C=O) groups excluding carboxylic acids is 1. The number of hydrogen-bond acceptors (Lipinski definition) is 3. The topological polar surface area (TPSA) is 57.7 Å². The molecule has 2 aromatic rings.